The summed E-state index contributed by atoms with van der Waals surface area (Å²) in [5, 5.41) is 2.56. The number of hydrogen-bond acceptors (Lipinski definition) is 3. The zero-order valence-electron chi connectivity index (χ0n) is 12.2. The molecule has 8 heteroatoms. The second-order valence-corrected chi connectivity index (χ2v) is 5.52. The molecule has 1 aliphatic rings. The lowest BCUT2D eigenvalue weighted by molar-refractivity contribution is -0.135. The molecule has 0 aromatic rings. The molecular weight excluding hydrogens is 302 g/mol. The molecule has 2 atom stereocenters. The number of carbonyl (C=O) groups excluding carboxylic acids is 1. The van der Waals surface area contributed by atoms with Crippen LogP contribution in [0.3, 0.4) is 0 Å². The van der Waals surface area contributed by atoms with Crippen LogP contribution in [-0.4, -0.2) is 30.5 Å². The molecule has 0 aromatic heterocycles. The van der Waals surface area contributed by atoms with E-state index in [0.29, 0.717) is 0 Å². The molecule has 2 unspecified atom stereocenters. The van der Waals surface area contributed by atoms with Crippen LogP contribution in [0.25, 0.3) is 0 Å². The van der Waals surface area contributed by atoms with Crippen molar-refractivity contribution in [2.24, 2.45) is 22.1 Å². The molecule has 3 N–H and O–H groups in total. The lowest BCUT2D eigenvalue weighted by Crippen LogP contribution is -2.63. The summed E-state index contributed by atoms with van der Waals surface area (Å²) in [6.07, 6.45) is 1.61. The van der Waals surface area contributed by atoms with Gasteiger partial charge in [-0.05, 0) is 19.9 Å². The second kappa shape index (κ2) is 6.08. The van der Waals surface area contributed by atoms with Crippen LogP contribution < -0.4 is 11.1 Å². The predicted octanol–water partition coefficient (Wildman–Crippen LogP) is 1.92. The van der Waals surface area contributed by atoms with Gasteiger partial charge in [0.25, 0.3) is 0 Å². The maximum atomic E-state index is 13.4. The van der Waals surface area contributed by atoms with Crippen molar-refractivity contribution in [3.05, 3.63) is 11.9 Å². The number of rotatable bonds is 5. The summed E-state index contributed by atoms with van der Waals surface area (Å²) < 4.78 is 50.4. The Bertz CT molecular complexity index is 545. The van der Waals surface area contributed by atoms with Gasteiger partial charge in [0.05, 0.1) is 24.0 Å². The van der Waals surface area contributed by atoms with Gasteiger partial charge in [-0.1, -0.05) is 5.92 Å². The topological polar surface area (TPSA) is 67.5 Å². The number of alkyl halides is 3. The van der Waals surface area contributed by atoms with Gasteiger partial charge >= 0.3 is 6.18 Å². The molecule has 1 aliphatic heterocycles. The third-order valence-electron chi connectivity index (χ3n) is 3.59. The highest BCUT2D eigenvalue weighted by Gasteiger charge is 2.53. The van der Waals surface area contributed by atoms with E-state index in [1.165, 1.54) is 13.8 Å². The Hall–Kier alpha value is -1.88. The molecular formula is C14H17F4N3O. The number of carbonyl (C=O) groups is 1. The van der Waals surface area contributed by atoms with Crippen LogP contribution in [0.2, 0.25) is 0 Å². The molecule has 122 valence electrons. The van der Waals surface area contributed by atoms with Gasteiger partial charge in [-0.15, -0.1) is 6.42 Å². The zero-order chi connectivity index (χ0) is 17.2. The molecule has 4 nitrogen and oxygen atoms in total. The van der Waals surface area contributed by atoms with Crippen molar-refractivity contribution in [3.63, 3.8) is 0 Å². The first-order chi connectivity index (χ1) is 9.95. The highest BCUT2D eigenvalue weighted by Crippen LogP contribution is 2.41. The van der Waals surface area contributed by atoms with Crippen molar-refractivity contribution in [3.8, 4) is 12.3 Å². The quantitative estimate of drug-likeness (QED) is 0.600. The molecule has 22 heavy (non-hydrogen) atoms. The van der Waals surface area contributed by atoms with E-state index in [-0.39, 0.29) is 0 Å². The Kier molecular flexibility index (Phi) is 5.03. The van der Waals surface area contributed by atoms with E-state index in [2.05, 4.69) is 16.2 Å². The first-order valence-corrected chi connectivity index (χ1v) is 6.46. The van der Waals surface area contributed by atoms with Crippen LogP contribution in [0.5, 0.6) is 0 Å². The second-order valence-electron chi connectivity index (χ2n) is 5.52. The minimum atomic E-state index is -4.39. The molecule has 0 radical (unpaired) electrons. The van der Waals surface area contributed by atoms with Crippen LogP contribution in [0.4, 0.5) is 17.6 Å². The van der Waals surface area contributed by atoms with Crippen LogP contribution in [-0.2, 0) is 4.79 Å². The van der Waals surface area contributed by atoms with Gasteiger partial charge < -0.3 is 5.73 Å². The summed E-state index contributed by atoms with van der Waals surface area (Å²) in [6, 6.07) is 0. The molecule has 0 saturated heterocycles. The van der Waals surface area contributed by atoms with E-state index in [1.807, 2.05) is 0 Å². The van der Waals surface area contributed by atoms with Crippen LogP contribution in [0.1, 0.15) is 20.3 Å². The third-order valence-corrected chi connectivity index (χ3v) is 3.59. The van der Waals surface area contributed by atoms with Crippen molar-refractivity contribution in [2.45, 2.75) is 32.1 Å². The third kappa shape index (κ3) is 3.65. The monoisotopic (exact) mass is 319 g/mol. The Morgan fingerprint density at radius 3 is 2.59 bits per heavy atom. The molecule has 1 amide bonds. The van der Waals surface area contributed by atoms with Gasteiger partial charge in [0.2, 0.25) is 5.91 Å². The number of nitrogens with one attached hydrogen (secondary N) is 1. The number of terminal acetylenes is 1. The number of nitrogens with zero attached hydrogens (tertiary/aromatic N) is 1. The SMILES string of the molecule is C#CC(C)(C)C1(NCCC(F)(F)F)N=CC(F)=CC1C(N)=O. The maximum absolute atomic E-state index is 13.4. The fourth-order valence-electron chi connectivity index (χ4n) is 2.29. The van der Waals surface area contributed by atoms with Gasteiger partial charge in [0, 0.05) is 6.54 Å². The molecule has 1 rings (SSSR count). The van der Waals surface area contributed by atoms with Crippen LogP contribution >= 0.6 is 0 Å². The summed E-state index contributed by atoms with van der Waals surface area (Å²) in [4.78, 5) is 15.6. The summed E-state index contributed by atoms with van der Waals surface area (Å²) in [5.74, 6) is -0.663. The van der Waals surface area contributed by atoms with Gasteiger partial charge in [-0.2, -0.15) is 13.2 Å². The van der Waals surface area contributed by atoms with E-state index in [4.69, 9.17) is 12.2 Å². The number of dihydropyridines is 1. The lowest BCUT2D eigenvalue weighted by atomic mass is 9.70. The molecule has 0 aromatic carbocycles. The highest BCUT2D eigenvalue weighted by atomic mass is 19.4. The number of amides is 1. The minimum Gasteiger partial charge on any atom is -0.369 e. The number of halogens is 4. The normalized spacial score (nSPS) is 25.5. The Balaban J connectivity index is 3.21. The Morgan fingerprint density at radius 1 is 1.55 bits per heavy atom. The fraction of sp³-hybridized carbons (Fsp3) is 0.571. The number of hydrogen-bond donors (Lipinski definition) is 2. The van der Waals surface area contributed by atoms with Gasteiger partial charge in [0.15, 0.2) is 0 Å². The van der Waals surface area contributed by atoms with Gasteiger partial charge in [0.1, 0.15) is 11.5 Å². The average Bonchev–Trinajstić information content (AvgIpc) is 2.38. The standard InChI is InChI=1S/C14H17F4N3O/c1-4-12(2,3)14(20-6-5-13(16,17)18)10(11(19)22)7-9(15)8-21-14/h1,7-8,10,20H,5-6H2,2-3H3,(H2,19,22). The Labute approximate surface area is 125 Å². The largest absolute Gasteiger partial charge is 0.390 e. The van der Waals surface area contributed by atoms with Crippen molar-refractivity contribution in [2.75, 3.05) is 6.54 Å². The Morgan fingerprint density at radius 2 is 2.14 bits per heavy atom. The molecule has 1 heterocycles. The first kappa shape index (κ1) is 18.2. The van der Waals surface area contributed by atoms with Crippen molar-refractivity contribution >= 4 is 12.1 Å². The van der Waals surface area contributed by atoms with Gasteiger partial charge in [-0.3, -0.25) is 15.1 Å². The zero-order valence-corrected chi connectivity index (χ0v) is 12.2. The first-order valence-electron chi connectivity index (χ1n) is 6.46. The van der Waals surface area contributed by atoms with Crippen molar-refractivity contribution in [1.82, 2.24) is 5.32 Å². The summed E-state index contributed by atoms with van der Waals surface area (Å²) in [7, 11) is 0. The summed E-state index contributed by atoms with van der Waals surface area (Å²) >= 11 is 0. The van der Waals surface area contributed by atoms with E-state index in [1.54, 1.807) is 0 Å². The summed E-state index contributed by atoms with van der Waals surface area (Å²) in [5.41, 5.74) is 2.43. The van der Waals surface area contributed by atoms with Crippen LogP contribution in [0, 0.1) is 23.7 Å². The van der Waals surface area contributed by atoms with Crippen molar-refractivity contribution in [1.29, 1.82) is 0 Å². The van der Waals surface area contributed by atoms with Gasteiger partial charge in [-0.25, -0.2) is 4.39 Å². The highest BCUT2D eigenvalue weighted by molar-refractivity contribution is 5.86. The molecule has 0 aliphatic carbocycles. The maximum Gasteiger partial charge on any atom is 0.390 e. The van der Waals surface area contributed by atoms with Crippen molar-refractivity contribution < 1.29 is 22.4 Å². The van der Waals surface area contributed by atoms with E-state index in [0.717, 1.165) is 12.3 Å². The number of primary amides is 1. The molecule has 0 saturated carbocycles. The minimum absolute atomic E-state index is 0.537. The number of allylic oxidation sites excluding steroid dienone is 1. The fourth-order valence-corrected chi connectivity index (χ4v) is 2.29. The predicted molar refractivity (Wildman–Crippen MR) is 74.4 cm³/mol. The van der Waals surface area contributed by atoms with E-state index < -0.39 is 47.9 Å². The molecule has 0 spiro atoms. The lowest BCUT2D eigenvalue weighted by Gasteiger charge is -2.45. The number of nitrogens with two attached hydrogens (primary N) is 1. The molecule has 0 bridgehead atoms. The smallest absolute Gasteiger partial charge is 0.369 e. The number of aliphatic imine (C=N–C) groups is 1. The van der Waals surface area contributed by atoms with E-state index >= 15 is 0 Å². The molecule has 0 fully saturated rings. The summed E-state index contributed by atoms with van der Waals surface area (Å²) in [6.45, 7) is 2.49. The van der Waals surface area contributed by atoms with E-state index in [9.17, 15) is 22.4 Å². The average molecular weight is 319 g/mol. The van der Waals surface area contributed by atoms with Crippen LogP contribution in [0.15, 0.2) is 16.9 Å².